The van der Waals surface area contributed by atoms with Crippen LogP contribution < -0.4 is 5.32 Å². The summed E-state index contributed by atoms with van der Waals surface area (Å²) in [4.78, 5) is 12.5. The highest BCUT2D eigenvalue weighted by Gasteiger charge is 2.14. The molecule has 0 bridgehead atoms. The number of rotatable bonds is 2. The molecule has 0 spiro atoms. The summed E-state index contributed by atoms with van der Waals surface area (Å²) in [6, 6.07) is 12.7. The Morgan fingerprint density at radius 1 is 1.14 bits per heavy atom. The van der Waals surface area contributed by atoms with Crippen molar-refractivity contribution in [3.63, 3.8) is 0 Å². The van der Waals surface area contributed by atoms with Gasteiger partial charge in [-0.1, -0.05) is 41.4 Å². The van der Waals surface area contributed by atoms with Gasteiger partial charge in [0.15, 0.2) is 0 Å². The van der Waals surface area contributed by atoms with E-state index < -0.39 is 0 Å². The van der Waals surface area contributed by atoms with Gasteiger partial charge in [-0.05, 0) is 24.3 Å². The smallest absolute Gasteiger partial charge is 0.257 e. The molecule has 2 aromatic carbocycles. The van der Waals surface area contributed by atoms with Crippen molar-refractivity contribution in [2.45, 2.75) is 0 Å². The van der Waals surface area contributed by atoms with Gasteiger partial charge in [0.05, 0.1) is 16.3 Å². The largest absolute Gasteiger partial charge is 0.350 e. The summed E-state index contributed by atoms with van der Waals surface area (Å²) >= 11 is 11.9. The van der Waals surface area contributed by atoms with Gasteiger partial charge in [0, 0.05) is 29.2 Å². The number of para-hydroxylation sites is 1. The Kier molecular flexibility index (Phi) is 3.62. The Morgan fingerprint density at radius 2 is 1.90 bits per heavy atom. The van der Waals surface area contributed by atoms with E-state index in [1.807, 2.05) is 42.1 Å². The zero-order chi connectivity index (χ0) is 15.0. The quantitative estimate of drug-likeness (QED) is 0.727. The molecular formula is C16H12Cl2N2O. The molecule has 0 aliphatic carbocycles. The summed E-state index contributed by atoms with van der Waals surface area (Å²) in [6.45, 7) is 0. The maximum atomic E-state index is 12.5. The number of carbonyl (C=O) groups excluding carboxylic acids is 1. The van der Waals surface area contributed by atoms with Crippen LogP contribution in [0.5, 0.6) is 0 Å². The minimum atomic E-state index is -0.198. The Labute approximate surface area is 132 Å². The second-order valence-electron chi connectivity index (χ2n) is 4.75. The molecule has 0 atom stereocenters. The number of hydrogen-bond acceptors (Lipinski definition) is 1. The number of fused-ring (bicyclic) bond motifs is 1. The van der Waals surface area contributed by atoms with Crippen molar-refractivity contribution in [1.29, 1.82) is 0 Å². The first-order valence-corrected chi connectivity index (χ1v) is 7.12. The predicted octanol–water partition coefficient (Wildman–Crippen LogP) is 4.74. The number of benzene rings is 2. The fourth-order valence-electron chi connectivity index (χ4n) is 2.30. The third-order valence-electron chi connectivity index (χ3n) is 3.32. The number of aromatic nitrogens is 1. The third-order valence-corrected chi connectivity index (χ3v) is 3.87. The first-order valence-electron chi connectivity index (χ1n) is 6.37. The van der Waals surface area contributed by atoms with Gasteiger partial charge in [-0.15, -0.1) is 0 Å². The molecule has 0 saturated carbocycles. The second kappa shape index (κ2) is 5.43. The molecule has 3 nitrogen and oxygen atoms in total. The van der Waals surface area contributed by atoms with Crippen molar-refractivity contribution in [3.8, 4) is 0 Å². The summed E-state index contributed by atoms with van der Waals surface area (Å²) < 4.78 is 1.92. The Hall–Kier alpha value is -1.97. The highest BCUT2D eigenvalue weighted by molar-refractivity contribution is 6.37. The van der Waals surface area contributed by atoms with E-state index in [-0.39, 0.29) is 5.91 Å². The SMILES string of the molecule is Cn1cc(C(=O)Nc2ccc(Cl)cc2Cl)c2ccccc21. The molecule has 0 aliphatic heterocycles. The van der Waals surface area contributed by atoms with Crippen LogP contribution in [0.1, 0.15) is 10.4 Å². The van der Waals surface area contributed by atoms with E-state index >= 15 is 0 Å². The monoisotopic (exact) mass is 318 g/mol. The van der Waals surface area contributed by atoms with Crippen LogP contribution in [0, 0.1) is 0 Å². The summed E-state index contributed by atoms with van der Waals surface area (Å²) in [6.07, 6.45) is 1.81. The summed E-state index contributed by atoms with van der Waals surface area (Å²) in [5.41, 5.74) is 2.16. The number of nitrogens with one attached hydrogen (secondary N) is 1. The molecule has 0 fully saturated rings. The van der Waals surface area contributed by atoms with Crippen molar-refractivity contribution < 1.29 is 4.79 Å². The first-order chi connectivity index (χ1) is 10.1. The standard InChI is InChI=1S/C16H12Cl2N2O/c1-20-9-12(11-4-2-3-5-15(11)20)16(21)19-14-7-6-10(17)8-13(14)18/h2-9H,1H3,(H,19,21). The van der Waals surface area contributed by atoms with Crippen LogP contribution in [0.15, 0.2) is 48.7 Å². The van der Waals surface area contributed by atoms with E-state index in [2.05, 4.69) is 5.32 Å². The van der Waals surface area contributed by atoms with Crippen LogP contribution in [0.2, 0.25) is 10.0 Å². The lowest BCUT2D eigenvalue weighted by Crippen LogP contribution is -2.11. The maximum absolute atomic E-state index is 12.5. The molecule has 0 unspecified atom stereocenters. The third kappa shape index (κ3) is 2.62. The minimum absolute atomic E-state index is 0.198. The highest BCUT2D eigenvalue weighted by Crippen LogP contribution is 2.27. The molecule has 5 heteroatoms. The van der Waals surface area contributed by atoms with Crippen molar-refractivity contribution in [2.24, 2.45) is 7.05 Å². The van der Waals surface area contributed by atoms with Gasteiger partial charge in [0.25, 0.3) is 5.91 Å². The summed E-state index contributed by atoms with van der Waals surface area (Å²) in [7, 11) is 1.91. The number of amides is 1. The number of hydrogen-bond donors (Lipinski definition) is 1. The maximum Gasteiger partial charge on any atom is 0.257 e. The summed E-state index contributed by atoms with van der Waals surface area (Å²) in [5, 5.41) is 4.67. The number of halogens is 2. The zero-order valence-electron chi connectivity index (χ0n) is 11.2. The lowest BCUT2D eigenvalue weighted by atomic mass is 10.1. The Bertz CT molecular complexity index is 839. The number of anilines is 1. The van der Waals surface area contributed by atoms with Crippen LogP contribution in [0.25, 0.3) is 10.9 Å². The van der Waals surface area contributed by atoms with Crippen LogP contribution in [-0.4, -0.2) is 10.5 Å². The van der Waals surface area contributed by atoms with Crippen LogP contribution >= 0.6 is 23.2 Å². The van der Waals surface area contributed by atoms with Gasteiger partial charge in [-0.25, -0.2) is 0 Å². The molecule has 1 N–H and O–H groups in total. The van der Waals surface area contributed by atoms with E-state index in [9.17, 15) is 4.79 Å². The van der Waals surface area contributed by atoms with Crippen molar-refractivity contribution in [1.82, 2.24) is 4.57 Å². The lowest BCUT2D eigenvalue weighted by Gasteiger charge is -2.06. The van der Waals surface area contributed by atoms with Gasteiger partial charge in [-0.2, -0.15) is 0 Å². The number of aryl methyl sites for hydroxylation is 1. The van der Waals surface area contributed by atoms with Crippen molar-refractivity contribution in [3.05, 3.63) is 64.3 Å². The van der Waals surface area contributed by atoms with Crippen LogP contribution in [0.4, 0.5) is 5.69 Å². The molecule has 3 rings (SSSR count). The van der Waals surface area contributed by atoms with Crippen LogP contribution in [-0.2, 0) is 7.05 Å². The Balaban J connectivity index is 1.98. The van der Waals surface area contributed by atoms with Crippen molar-refractivity contribution in [2.75, 3.05) is 5.32 Å². The zero-order valence-corrected chi connectivity index (χ0v) is 12.7. The highest BCUT2D eigenvalue weighted by atomic mass is 35.5. The average Bonchev–Trinajstić information content (AvgIpc) is 2.80. The van der Waals surface area contributed by atoms with E-state index in [1.165, 1.54) is 0 Å². The minimum Gasteiger partial charge on any atom is -0.350 e. The fourth-order valence-corrected chi connectivity index (χ4v) is 2.76. The fraction of sp³-hybridized carbons (Fsp3) is 0.0625. The molecule has 1 aromatic heterocycles. The van der Waals surface area contributed by atoms with Gasteiger partial charge >= 0.3 is 0 Å². The van der Waals surface area contributed by atoms with E-state index in [0.717, 1.165) is 10.9 Å². The topological polar surface area (TPSA) is 34.0 Å². The molecule has 106 valence electrons. The van der Waals surface area contributed by atoms with E-state index in [1.54, 1.807) is 18.2 Å². The second-order valence-corrected chi connectivity index (χ2v) is 5.59. The first kappa shape index (κ1) is 14.0. The molecule has 21 heavy (non-hydrogen) atoms. The number of carbonyl (C=O) groups is 1. The predicted molar refractivity (Wildman–Crippen MR) is 87.3 cm³/mol. The average molecular weight is 319 g/mol. The Morgan fingerprint density at radius 3 is 2.67 bits per heavy atom. The molecule has 0 radical (unpaired) electrons. The number of nitrogens with zero attached hydrogens (tertiary/aromatic N) is 1. The molecular weight excluding hydrogens is 307 g/mol. The molecule has 3 aromatic rings. The van der Waals surface area contributed by atoms with Gasteiger partial charge in [0.1, 0.15) is 0 Å². The molecule has 0 aliphatic rings. The lowest BCUT2D eigenvalue weighted by molar-refractivity contribution is 0.102. The van der Waals surface area contributed by atoms with Crippen molar-refractivity contribution >= 4 is 45.7 Å². The van der Waals surface area contributed by atoms with Crippen LogP contribution in [0.3, 0.4) is 0 Å². The van der Waals surface area contributed by atoms with Gasteiger partial charge in [0.2, 0.25) is 0 Å². The molecule has 0 saturated heterocycles. The van der Waals surface area contributed by atoms with Gasteiger partial charge in [-0.3, -0.25) is 4.79 Å². The molecule has 1 amide bonds. The normalized spacial score (nSPS) is 10.8. The molecule has 1 heterocycles. The van der Waals surface area contributed by atoms with E-state index in [4.69, 9.17) is 23.2 Å². The summed E-state index contributed by atoms with van der Waals surface area (Å²) in [5.74, 6) is -0.198. The van der Waals surface area contributed by atoms with E-state index in [0.29, 0.717) is 21.3 Å². The van der Waals surface area contributed by atoms with Gasteiger partial charge < -0.3 is 9.88 Å².